The number of carbonyl (C=O) groups excluding carboxylic acids is 2. The minimum atomic E-state index is -0.921. The van der Waals surface area contributed by atoms with Crippen molar-refractivity contribution in [3.8, 4) is 11.1 Å². The summed E-state index contributed by atoms with van der Waals surface area (Å²) in [6.07, 6.45) is 2.71. The Balaban J connectivity index is 1.63. The molecule has 0 unspecified atom stereocenters. The molecular formula is C29H40N4O4. The second-order valence-electron chi connectivity index (χ2n) is 10.9. The number of likely N-dealkylation sites (tertiary alicyclic amines) is 1. The summed E-state index contributed by atoms with van der Waals surface area (Å²) in [5.41, 5.74) is 3.06. The van der Waals surface area contributed by atoms with Gasteiger partial charge in [0.1, 0.15) is 11.5 Å². The van der Waals surface area contributed by atoms with Gasteiger partial charge in [-0.25, -0.2) is 9.78 Å². The predicted octanol–water partition coefficient (Wildman–Crippen LogP) is 4.89. The number of aryl methyl sites for hydroxylation is 1. The fourth-order valence-corrected chi connectivity index (χ4v) is 4.88. The molecule has 0 aliphatic carbocycles. The van der Waals surface area contributed by atoms with E-state index in [4.69, 9.17) is 9.72 Å². The van der Waals surface area contributed by atoms with Gasteiger partial charge in [0.25, 0.3) is 0 Å². The average molecular weight is 509 g/mol. The maximum absolute atomic E-state index is 13.1. The molecule has 1 aromatic heterocycles. The van der Waals surface area contributed by atoms with Crippen LogP contribution in [0.4, 0.5) is 16.3 Å². The number of ether oxygens (including phenoxy) is 1. The monoisotopic (exact) mass is 508 g/mol. The summed E-state index contributed by atoms with van der Waals surface area (Å²) in [6.45, 7) is 11.8. The van der Waals surface area contributed by atoms with Crippen molar-refractivity contribution in [1.82, 2.24) is 9.88 Å². The number of pyridine rings is 1. The fourth-order valence-electron chi connectivity index (χ4n) is 4.88. The number of hydrogen-bond acceptors (Lipinski definition) is 6. The lowest BCUT2D eigenvalue weighted by molar-refractivity contribution is 0.0631. The van der Waals surface area contributed by atoms with E-state index in [1.807, 2.05) is 42.2 Å². The number of amides is 2. The molecule has 8 heteroatoms. The van der Waals surface area contributed by atoms with Gasteiger partial charge in [0, 0.05) is 38.3 Å². The van der Waals surface area contributed by atoms with Gasteiger partial charge in [-0.2, -0.15) is 0 Å². The van der Waals surface area contributed by atoms with E-state index in [0.29, 0.717) is 44.3 Å². The maximum Gasteiger partial charge on any atom is 0.321 e. The molecule has 8 nitrogen and oxygen atoms in total. The van der Waals surface area contributed by atoms with Gasteiger partial charge < -0.3 is 25.0 Å². The van der Waals surface area contributed by atoms with Gasteiger partial charge in [0.05, 0.1) is 18.8 Å². The minimum Gasteiger partial charge on any atom is -0.390 e. The molecule has 2 aromatic rings. The molecule has 0 radical (unpaired) electrons. The van der Waals surface area contributed by atoms with E-state index >= 15 is 0 Å². The molecule has 2 amide bonds. The molecule has 0 bridgehead atoms. The summed E-state index contributed by atoms with van der Waals surface area (Å²) >= 11 is 0. The first kappa shape index (κ1) is 27.1. The first-order valence-corrected chi connectivity index (χ1v) is 13.4. The van der Waals surface area contributed by atoms with Gasteiger partial charge in [-0.1, -0.05) is 19.4 Å². The lowest BCUT2D eigenvalue weighted by Gasteiger charge is -2.28. The first-order chi connectivity index (χ1) is 17.6. The lowest BCUT2D eigenvalue weighted by atomic mass is 9.96. The zero-order valence-electron chi connectivity index (χ0n) is 22.5. The molecule has 2 fully saturated rings. The van der Waals surface area contributed by atoms with E-state index in [-0.39, 0.29) is 18.2 Å². The summed E-state index contributed by atoms with van der Waals surface area (Å²) in [7, 11) is 0. The molecular weight excluding hydrogens is 468 g/mol. The van der Waals surface area contributed by atoms with Gasteiger partial charge in [0.15, 0.2) is 5.78 Å². The molecule has 2 aliphatic rings. The lowest BCUT2D eigenvalue weighted by Crippen LogP contribution is -2.37. The van der Waals surface area contributed by atoms with Crippen molar-refractivity contribution >= 4 is 23.3 Å². The predicted molar refractivity (Wildman–Crippen MR) is 146 cm³/mol. The Morgan fingerprint density at radius 3 is 2.59 bits per heavy atom. The highest BCUT2D eigenvalue weighted by Crippen LogP contribution is 2.31. The minimum absolute atomic E-state index is 0.0722. The molecule has 4 rings (SSSR count). The summed E-state index contributed by atoms with van der Waals surface area (Å²) < 4.78 is 5.51. The van der Waals surface area contributed by atoms with Gasteiger partial charge in [-0.15, -0.1) is 0 Å². The zero-order chi connectivity index (χ0) is 26.6. The first-order valence-electron chi connectivity index (χ1n) is 13.4. The number of nitrogens with one attached hydrogen (secondary N) is 1. The normalized spacial score (nSPS) is 18.2. The molecule has 2 saturated heterocycles. The van der Waals surface area contributed by atoms with Crippen LogP contribution in [0.15, 0.2) is 30.3 Å². The third kappa shape index (κ3) is 7.08. The van der Waals surface area contributed by atoms with Crippen molar-refractivity contribution in [1.29, 1.82) is 0 Å². The van der Waals surface area contributed by atoms with Crippen molar-refractivity contribution in [2.24, 2.45) is 5.92 Å². The summed E-state index contributed by atoms with van der Waals surface area (Å²) in [5, 5.41) is 13.2. The van der Waals surface area contributed by atoms with Crippen LogP contribution in [-0.4, -0.2) is 71.8 Å². The highest BCUT2D eigenvalue weighted by atomic mass is 16.5. The molecule has 0 spiro atoms. The number of rotatable bonds is 8. The third-order valence-corrected chi connectivity index (χ3v) is 7.35. The van der Waals surface area contributed by atoms with Crippen LogP contribution in [0.1, 0.15) is 62.5 Å². The summed E-state index contributed by atoms with van der Waals surface area (Å²) in [4.78, 5) is 34.7. The Morgan fingerprint density at radius 2 is 1.92 bits per heavy atom. The Hall–Kier alpha value is -2.97. The van der Waals surface area contributed by atoms with Crippen LogP contribution >= 0.6 is 0 Å². The number of nitrogens with zero attached hydrogens (tertiary/aromatic N) is 3. The quantitative estimate of drug-likeness (QED) is 0.493. The zero-order valence-corrected chi connectivity index (χ0v) is 22.5. The number of Topliss-reactive ketones (excluding diaryl/α,β-unsaturated/α-hetero) is 1. The van der Waals surface area contributed by atoms with Gasteiger partial charge in [-0.3, -0.25) is 4.79 Å². The van der Waals surface area contributed by atoms with Crippen LogP contribution in [-0.2, 0) is 4.74 Å². The third-order valence-electron chi connectivity index (χ3n) is 7.35. The van der Waals surface area contributed by atoms with Crippen LogP contribution in [0.25, 0.3) is 11.1 Å². The van der Waals surface area contributed by atoms with E-state index in [2.05, 4.69) is 17.1 Å². The number of ketones is 1. The van der Waals surface area contributed by atoms with E-state index in [1.165, 1.54) is 0 Å². The number of aromatic nitrogens is 1. The second-order valence-corrected chi connectivity index (χ2v) is 10.9. The van der Waals surface area contributed by atoms with E-state index in [1.54, 1.807) is 13.8 Å². The highest BCUT2D eigenvalue weighted by Gasteiger charge is 2.25. The molecule has 0 saturated carbocycles. The van der Waals surface area contributed by atoms with Crippen molar-refractivity contribution in [3.63, 3.8) is 0 Å². The standard InChI is InChI=1S/C29H40N4O4/c1-5-21-9-11-33(19-21)28(35)30-23-7-6-20(2)24(18-23)22-16-25(26(34)8-10-29(3,4)36)31-27(17-22)32-12-14-37-15-13-32/h6-7,16-18,21,36H,5,8-15,19H2,1-4H3,(H,30,35)/t21-/m1/s1. The second kappa shape index (κ2) is 11.6. The van der Waals surface area contributed by atoms with E-state index in [9.17, 15) is 14.7 Å². The van der Waals surface area contributed by atoms with E-state index < -0.39 is 5.60 Å². The Morgan fingerprint density at radius 1 is 1.16 bits per heavy atom. The Kier molecular flexibility index (Phi) is 8.49. The fraction of sp³-hybridized carbons (Fsp3) is 0.552. The van der Waals surface area contributed by atoms with Crippen molar-refractivity contribution < 1.29 is 19.4 Å². The van der Waals surface area contributed by atoms with Crippen LogP contribution < -0.4 is 10.2 Å². The number of anilines is 2. The topological polar surface area (TPSA) is 95.0 Å². The SMILES string of the molecule is CC[C@@H]1CCN(C(=O)Nc2ccc(C)c(-c3cc(C(=O)CCC(C)(C)O)nc(N4CCOCC4)c3)c2)C1. The summed E-state index contributed by atoms with van der Waals surface area (Å²) in [5.74, 6) is 1.21. The van der Waals surface area contributed by atoms with Gasteiger partial charge in [0.2, 0.25) is 0 Å². The maximum atomic E-state index is 13.1. The molecule has 2 aliphatic heterocycles. The van der Waals surface area contributed by atoms with E-state index in [0.717, 1.165) is 54.1 Å². The van der Waals surface area contributed by atoms with Crippen molar-refractivity contribution in [2.45, 2.75) is 59.0 Å². The number of urea groups is 1. The molecule has 37 heavy (non-hydrogen) atoms. The van der Waals surface area contributed by atoms with Crippen LogP contribution in [0.3, 0.4) is 0 Å². The number of aliphatic hydroxyl groups is 1. The van der Waals surface area contributed by atoms with Gasteiger partial charge in [-0.05, 0) is 80.5 Å². The van der Waals surface area contributed by atoms with Crippen LogP contribution in [0.2, 0.25) is 0 Å². The number of hydrogen-bond donors (Lipinski definition) is 2. The van der Waals surface area contributed by atoms with Crippen molar-refractivity contribution in [2.75, 3.05) is 49.6 Å². The molecule has 2 N–H and O–H groups in total. The van der Waals surface area contributed by atoms with Crippen LogP contribution in [0.5, 0.6) is 0 Å². The smallest absolute Gasteiger partial charge is 0.321 e. The average Bonchev–Trinajstić information content (AvgIpc) is 3.38. The summed E-state index contributed by atoms with van der Waals surface area (Å²) in [6, 6.07) is 9.66. The molecule has 1 aromatic carbocycles. The molecule has 1 atom stereocenters. The Labute approximate surface area is 220 Å². The number of carbonyl (C=O) groups is 2. The number of benzene rings is 1. The van der Waals surface area contributed by atoms with Crippen LogP contribution in [0, 0.1) is 12.8 Å². The van der Waals surface area contributed by atoms with Gasteiger partial charge >= 0.3 is 6.03 Å². The Bertz CT molecular complexity index is 1120. The van der Waals surface area contributed by atoms with Crippen molar-refractivity contribution in [3.05, 3.63) is 41.6 Å². The number of morpholine rings is 1. The molecule has 200 valence electrons. The highest BCUT2D eigenvalue weighted by molar-refractivity contribution is 5.96. The largest absolute Gasteiger partial charge is 0.390 e. The molecule has 3 heterocycles.